The third-order valence-electron chi connectivity index (χ3n) is 5.93. The topological polar surface area (TPSA) is 77.9 Å². The molecule has 7 nitrogen and oxygen atoms in total. The van der Waals surface area contributed by atoms with Gasteiger partial charge in [0.25, 0.3) is 10.0 Å². The number of sulfonamides is 1. The molecule has 2 aliphatic rings. The predicted molar refractivity (Wildman–Crippen MR) is 129 cm³/mol. The van der Waals surface area contributed by atoms with Gasteiger partial charge in [0.15, 0.2) is 0 Å². The van der Waals surface area contributed by atoms with E-state index in [1.165, 1.54) is 12.3 Å². The standard InChI is InChI=1S/C23H22F3N5O2S2/c24-23(25,26)21-6-3-16(13-27-21)14-30-7-9-31(10-8-30)15-22-28-18-5-4-17(19-2-1-11-34-19)12-20(18)35(32,33)29-22/h1-6,11-13H,7-10,14-15H2,(H,28,29). The van der Waals surface area contributed by atoms with Crippen LogP contribution in [-0.4, -0.2) is 61.8 Å². The number of thiophene rings is 1. The summed E-state index contributed by atoms with van der Waals surface area (Å²) in [5.74, 6) is 0.377. The summed E-state index contributed by atoms with van der Waals surface area (Å²) in [6.07, 6.45) is -3.18. The van der Waals surface area contributed by atoms with Gasteiger partial charge in [0.2, 0.25) is 0 Å². The summed E-state index contributed by atoms with van der Waals surface area (Å²) in [5.41, 5.74) is 1.17. The number of piperazine rings is 1. The molecule has 0 amide bonds. The molecule has 1 fully saturated rings. The Labute approximate surface area is 205 Å². The van der Waals surface area contributed by atoms with Crippen molar-refractivity contribution >= 4 is 32.9 Å². The minimum absolute atomic E-state index is 0.169. The number of nitrogens with zero attached hydrogens (tertiary/aromatic N) is 4. The van der Waals surface area contributed by atoms with Crippen LogP contribution in [0.5, 0.6) is 0 Å². The van der Waals surface area contributed by atoms with Gasteiger partial charge in [0.05, 0.1) is 12.2 Å². The highest BCUT2D eigenvalue weighted by atomic mass is 32.2. The lowest BCUT2D eigenvalue weighted by Gasteiger charge is -2.35. The predicted octanol–water partition coefficient (Wildman–Crippen LogP) is 4.16. The molecule has 2 aromatic heterocycles. The molecule has 184 valence electrons. The molecule has 1 aromatic carbocycles. The second-order valence-corrected chi connectivity index (χ2v) is 10.9. The lowest BCUT2D eigenvalue weighted by molar-refractivity contribution is -0.141. The zero-order valence-corrected chi connectivity index (χ0v) is 20.1. The molecular weight excluding hydrogens is 499 g/mol. The quantitative estimate of drug-likeness (QED) is 0.544. The number of anilines is 1. The van der Waals surface area contributed by atoms with Crippen molar-refractivity contribution in [1.82, 2.24) is 14.8 Å². The van der Waals surface area contributed by atoms with E-state index in [4.69, 9.17) is 0 Å². The highest BCUT2D eigenvalue weighted by molar-refractivity contribution is 7.90. The number of halogens is 3. The number of benzene rings is 1. The van der Waals surface area contributed by atoms with Gasteiger partial charge in [0, 0.05) is 43.8 Å². The molecule has 3 aromatic rings. The van der Waals surface area contributed by atoms with Gasteiger partial charge in [-0.3, -0.25) is 14.8 Å². The van der Waals surface area contributed by atoms with Crippen LogP contribution in [0.4, 0.5) is 18.9 Å². The number of rotatable bonds is 5. The first-order chi connectivity index (χ1) is 16.7. The summed E-state index contributed by atoms with van der Waals surface area (Å²) >= 11 is 1.54. The van der Waals surface area contributed by atoms with Crippen LogP contribution >= 0.6 is 11.3 Å². The maximum atomic E-state index is 12.9. The van der Waals surface area contributed by atoms with Crippen molar-refractivity contribution in [1.29, 1.82) is 0 Å². The van der Waals surface area contributed by atoms with Crippen LogP contribution in [0.1, 0.15) is 11.3 Å². The van der Waals surface area contributed by atoms with Crippen LogP contribution in [-0.2, 0) is 22.7 Å². The third kappa shape index (κ3) is 5.40. The molecule has 35 heavy (non-hydrogen) atoms. The molecule has 0 radical (unpaired) electrons. The molecule has 0 bridgehead atoms. The van der Waals surface area contributed by atoms with Crippen LogP contribution in [0.15, 0.2) is 63.3 Å². The number of hydrogen-bond donors (Lipinski definition) is 1. The summed E-state index contributed by atoms with van der Waals surface area (Å²) in [6.45, 7) is 3.62. The number of aromatic nitrogens is 1. The SMILES string of the molecule is O=S1(=O)N=C(CN2CCN(Cc3ccc(C(F)(F)F)nc3)CC2)Nc2ccc(-c3cccs3)cc21. The van der Waals surface area contributed by atoms with E-state index < -0.39 is 21.9 Å². The zero-order chi connectivity index (χ0) is 24.6. The Hall–Kier alpha value is -2.80. The first-order valence-corrected chi connectivity index (χ1v) is 13.2. The fraction of sp³-hybridized carbons (Fsp3) is 0.304. The van der Waals surface area contributed by atoms with Crippen molar-refractivity contribution in [3.63, 3.8) is 0 Å². The Bertz CT molecular complexity index is 1330. The van der Waals surface area contributed by atoms with Crippen LogP contribution in [0.2, 0.25) is 0 Å². The molecule has 5 rings (SSSR count). The van der Waals surface area contributed by atoms with Gasteiger partial charge in [-0.25, -0.2) is 0 Å². The van der Waals surface area contributed by atoms with E-state index in [1.807, 2.05) is 23.6 Å². The van der Waals surface area contributed by atoms with Crippen molar-refractivity contribution in [2.24, 2.45) is 4.40 Å². The molecular formula is C23H22F3N5O2S2. The first-order valence-electron chi connectivity index (χ1n) is 10.9. The number of nitrogens with one attached hydrogen (secondary N) is 1. The van der Waals surface area contributed by atoms with Gasteiger partial charge in [-0.2, -0.15) is 21.6 Å². The van der Waals surface area contributed by atoms with Crippen molar-refractivity contribution in [2.45, 2.75) is 17.6 Å². The summed E-state index contributed by atoms with van der Waals surface area (Å²) in [7, 11) is -3.82. The Balaban J connectivity index is 1.19. The first kappa shape index (κ1) is 23.9. The maximum Gasteiger partial charge on any atom is 0.433 e. The van der Waals surface area contributed by atoms with E-state index in [0.717, 1.165) is 22.1 Å². The van der Waals surface area contributed by atoms with E-state index in [9.17, 15) is 21.6 Å². The Morgan fingerprint density at radius 2 is 1.74 bits per heavy atom. The highest BCUT2D eigenvalue weighted by Crippen LogP contribution is 2.34. The Morgan fingerprint density at radius 3 is 2.37 bits per heavy atom. The van der Waals surface area contributed by atoms with Crippen molar-refractivity contribution in [2.75, 3.05) is 38.0 Å². The fourth-order valence-electron chi connectivity index (χ4n) is 4.14. The molecule has 0 saturated carbocycles. The number of fused-ring (bicyclic) bond motifs is 1. The second kappa shape index (κ2) is 9.34. The van der Waals surface area contributed by atoms with Crippen LogP contribution in [0.25, 0.3) is 10.4 Å². The largest absolute Gasteiger partial charge is 0.433 e. The zero-order valence-electron chi connectivity index (χ0n) is 18.5. The molecule has 0 unspecified atom stereocenters. The maximum absolute atomic E-state index is 12.9. The summed E-state index contributed by atoms with van der Waals surface area (Å²) < 4.78 is 67.8. The minimum atomic E-state index is -4.44. The van der Waals surface area contributed by atoms with Crippen molar-refractivity contribution in [3.05, 3.63) is 65.3 Å². The number of hydrogen-bond acceptors (Lipinski definition) is 7. The summed E-state index contributed by atoms with van der Waals surface area (Å²) in [4.78, 5) is 8.91. The molecule has 1 saturated heterocycles. The molecule has 0 atom stereocenters. The second-order valence-electron chi connectivity index (χ2n) is 8.43. The van der Waals surface area contributed by atoms with Crippen LogP contribution < -0.4 is 5.32 Å². The molecule has 1 N–H and O–H groups in total. The van der Waals surface area contributed by atoms with Gasteiger partial charge in [-0.15, -0.1) is 15.7 Å². The number of alkyl halides is 3. The molecule has 2 aliphatic heterocycles. The lowest BCUT2D eigenvalue weighted by atomic mass is 10.1. The molecule has 0 spiro atoms. The Kier molecular flexibility index (Phi) is 6.38. The van der Waals surface area contributed by atoms with Crippen molar-refractivity contribution < 1.29 is 21.6 Å². The fourth-order valence-corrected chi connectivity index (χ4v) is 6.03. The molecule has 0 aliphatic carbocycles. The minimum Gasteiger partial charge on any atom is -0.341 e. The van der Waals surface area contributed by atoms with Gasteiger partial charge >= 0.3 is 6.18 Å². The monoisotopic (exact) mass is 521 g/mol. The third-order valence-corrected chi connectivity index (χ3v) is 8.21. The number of pyridine rings is 1. The lowest BCUT2D eigenvalue weighted by Crippen LogP contribution is -2.48. The van der Waals surface area contributed by atoms with E-state index in [2.05, 4.69) is 24.5 Å². The highest BCUT2D eigenvalue weighted by Gasteiger charge is 2.32. The van der Waals surface area contributed by atoms with Crippen molar-refractivity contribution in [3.8, 4) is 10.4 Å². The van der Waals surface area contributed by atoms with Gasteiger partial charge in [-0.1, -0.05) is 18.2 Å². The van der Waals surface area contributed by atoms with E-state index in [-0.39, 0.29) is 4.90 Å². The average Bonchev–Trinajstić information content (AvgIpc) is 3.35. The van der Waals surface area contributed by atoms with Crippen LogP contribution in [0.3, 0.4) is 0 Å². The number of amidine groups is 1. The normalized spacial score (nSPS) is 18.5. The van der Waals surface area contributed by atoms with Gasteiger partial charge in [0.1, 0.15) is 16.4 Å². The van der Waals surface area contributed by atoms with Crippen LogP contribution in [0, 0.1) is 0 Å². The summed E-state index contributed by atoms with van der Waals surface area (Å²) in [6, 6.07) is 11.6. The molecule has 12 heteroatoms. The Morgan fingerprint density at radius 1 is 1.00 bits per heavy atom. The van der Waals surface area contributed by atoms with Gasteiger partial charge in [-0.05, 0) is 40.8 Å². The van der Waals surface area contributed by atoms with E-state index in [1.54, 1.807) is 23.5 Å². The van der Waals surface area contributed by atoms with Gasteiger partial charge < -0.3 is 5.32 Å². The average molecular weight is 522 g/mol. The molecule has 4 heterocycles. The smallest absolute Gasteiger partial charge is 0.341 e. The van der Waals surface area contributed by atoms with E-state index in [0.29, 0.717) is 50.8 Å². The van der Waals surface area contributed by atoms with E-state index >= 15 is 0 Å². The summed E-state index contributed by atoms with van der Waals surface area (Å²) in [5, 5.41) is 5.10.